The van der Waals surface area contributed by atoms with Crippen molar-refractivity contribution in [2.45, 2.75) is 38.1 Å². The average molecular weight is 438 g/mol. The Morgan fingerprint density at radius 3 is 2.60 bits per heavy atom. The van der Waals surface area contributed by atoms with E-state index in [-0.39, 0.29) is 23.8 Å². The summed E-state index contributed by atoms with van der Waals surface area (Å²) in [5, 5.41) is 7.17. The van der Waals surface area contributed by atoms with Crippen LogP contribution in [0.5, 0.6) is 0 Å². The smallest absolute Gasteiger partial charge is 0.261 e. The number of anilines is 1. The molecule has 2 aliphatic rings. The lowest BCUT2D eigenvalue weighted by molar-refractivity contribution is 0.0549. The largest absolute Gasteiger partial charge is 0.298 e. The number of thiophene rings is 1. The van der Waals surface area contributed by atoms with Gasteiger partial charge in [-0.2, -0.15) is 0 Å². The second-order valence-electron chi connectivity index (χ2n) is 7.50. The van der Waals surface area contributed by atoms with Gasteiger partial charge in [-0.05, 0) is 42.5 Å². The third kappa shape index (κ3) is 3.36. The average Bonchev–Trinajstić information content (AvgIpc) is 3.50. The molecule has 1 fully saturated rings. The number of hydrogen-bond acceptors (Lipinski definition) is 6. The Labute approximate surface area is 181 Å². The molecule has 3 aromatic rings. The molecule has 0 bridgehead atoms. The van der Waals surface area contributed by atoms with Crippen molar-refractivity contribution in [3.63, 3.8) is 0 Å². The summed E-state index contributed by atoms with van der Waals surface area (Å²) in [6.45, 7) is 0. The summed E-state index contributed by atoms with van der Waals surface area (Å²) in [4.78, 5) is 45.4. The molecule has 6 nitrogen and oxygen atoms in total. The predicted molar refractivity (Wildman–Crippen MR) is 117 cm³/mol. The minimum atomic E-state index is -0.346. The van der Waals surface area contributed by atoms with Crippen molar-refractivity contribution < 1.29 is 14.4 Å². The molecule has 2 aromatic heterocycles. The standard InChI is InChI=1S/C22H19N3O3S2/c26-19(24-22-23-17(12-30-22)18-7-4-10-29-18)13-8-9-15-16(11-13)21(28)25(20(15)27)14-5-2-1-3-6-14/h4,7-12,14H,1-3,5-6H2,(H,23,24,26). The van der Waals surface area contributed by atoms with Crippen LogP contribution in [0.25, 0.3) is 10.6 Å². The summed E-state index contributed by atoms with van der Waals surface area (Å²) in [7, 11) is 0. The summed E-state index contributed by atoms with van der Waals surface area (Å²) in [6, 6.07) is 8.61. The molecule has 30 heavy (non-hydrogen) atoms. The number of carbonyl (C=O) groups excluding carboxylic acids is 3. The molecule has 0 unspecified atom stereocenters. The van der Waals surface area contributed by atoms with E-state index in [9.17, 15) is 14.4 Å². The summed E-state index contributed by atoms with van der Waals surface area (Å²) < 4.78 is 0. The van der Waals surface area contributed by atoms with E-state index in [0.717, 1.165) is 42.7 Å². The molecule has 3 amide bonds. The molecule has 1 N–H and O–H groups in total. The van der Waals surface area contributed by atoms with Crippen LogP contribution >= 0.6 is 22.7 Å². The highest BCUT2D eigenvalue weighted by Gasteiger charge is 2.40. The van der Waals surface area contributed by atoms with Crippen molar-refractivity contribution in [3.8, 4) is 10.6 Å². The Morgan fingerprint density at radius 2 is 1.83 bits per heavy atom. The molecule has 1 aliphatic heterocycles. The van der Waals surface area contributed by atoms with E-state index in [1.54, 1.807) is 23.5 Å². The topological polar surface area (TPSA) is 79.4 Å². The molecule has 0 radical (unpaired) electrons. The zero-order valence-corrected chi connectivity index (χ0v) is 17.7. The number of carbonyl (C=O) groups is 3. The van der Waals surface area contributed by atoms with Crippen LogP contribution in [0.15, 0.2) is 41.1 Å². The molecule has 152 valence electrons. The van der Waals surface area contributed by atoms with Gasteiger partial charge in [0.2, 0.25) is 0 Å². The normalized spacial score (nSPS) is 16.7. The van der Waals surface area contributed by atoms with Gasteiger partial charge in [-0.3, -0.25) is 24.6 Å². The van der Waals surface area contributed by atoms with E-state index < -0.39 is 0 Å². The minimum Gasteiger partial charge on any atom is -0.298 e. The molecule has 1 aromatic carbocycles. The number of imide groups is 1. The van der Waals surface area contributed by atoms with Crippen LogP contribution in [0.1, 0.15) is 63.2 Å². The third-order valence-corrected chi connectivity index (χ3v) is 7.27. The van der Waals surface area contributed by atoms with Crippen molar-refractivity contribution >= 4 is 45.5 Å². The van der Waals surface area contributed by atoms with Crippen LogP contribution in [0, 0.1) is 0 Å². The maximum Gasteiger partial charge on any atom is 0.261 e. The van der Waals surface area contributed by atoms with Crippen molar-refractivity contribution in [1.82, 2.24) is 9.88 Å². The summed E-state index contributed by atoms with van der Waals surface area (Å²) in [5.41, 5.74) is 1.87. The Bertz CT molecular complexity index is 1130. The van der Waals surface area contributed by atoms with Gasteiger partial charge < -0.3 is 0 Å². The molecular weight excluding hydrogens is 418 g/mol. The van der Waals surface area contributed by atoms with Crippen molar-refractivity contribution in [3.05, 3.63) is 57.8 Å². The lowest BCUT2D eigenvalue weighted by Crippen LogP contribution is -2.40. The zero-order valence-electron chi connectivity index (χ0n) is 16.1. The highest BCUT2D eigenvalue weighted by atomic mass is 32.1. The number of benzene rings is 1. The number of nitrogens with zero attached hydrogens (tertiary/aromatic N) is 2. The fourth-order valence-electron chi connectivity index (χ4n) is 4.11. The van der Waals surface area contributed by atoms with Crippen molar-refractivity contribution in [2.24, 2.45) is 0 Å². The van der Waals surface area contributed by atoms with E-state index in [1.165, 1.54) is 22.3 Å². The third-order valence-electron chi connectivity index (χ3n) is 5.62. The van der Waals surface area contributed by atoms with Gasteiger partial charge in [0, 0.05) is 17.0 Å². The van der Waals surface area contributed by atoms with E-state index in [1.807, 2.05) is 22.9 Å². The maximum absolute atomic E-state index is 12.9. The molecular formula is C22H19N3O3S2. The number of amides is 3. The van der Waals surface area contributed by atoms with Gasteiger partial charge in [0.05, 0.1) is 21.7 Å². The first-order valence-electron chi connectivity index (χ1n) is 9.94. The van der Waals surface area contributed by atoms with Crippen molar-refractivity contribution in [2.75, 3.05) is 5.32 Å². The number of nitrogens with one attached hydrogen (secondary N) is 1. The van der Waals surface area contributed by atoms with Crippen LogP contribution in [0.3, 0.4) is 0 Å². The molecule has 0 spiro atoms. The maximum atomic E-state index is 12.9. The lowest BCUT2D eigenvalue weighted by Gasteiger charge is -2.29. The van der Waals surface area contributed by atoms with E-state index in [4.69, 9.17) is 0 Å². The van der Waals surface area contributed by atoms with Gasteiger partial charge in [-0.25, -0.2) is 4.98 Å². The monoisotopic (exact) mass is 437 g/mol. The van der Waals surface area contributed by atoms with Gasteiger partial charge >= 0.3 is 0 Å². The second kappa shape index (κ2) is 7.77. The fraction of sp³-hybridized carbons (Fsp3) is 0.273. The number of hydrogen-bond donors (Lipinski definition) is 1. The van der Waals surface area contributed by atoms with Crippen LogP contribution in [-0.2, 0) is 0 Å². The highest BCUT2D eigenvalue weighted by Crippen LogP contribution is 2.32. The van der Waals surface area contributed by atoms with Crippen LogP contribution in [-0.4, -0.2) is 33.6 Å². The van der Waals surface area contributed by atoms with Crippen molar-refractivity contribution in [1.29, 1.82) is 0 Å². The van der Waals surface area contributed by atoms with E-state index in [2.05, 4.69) is 10.3 Å². The molecule has 3 heterocycles. The van der Waals surface area contributed by atoms with Crippen LogP contribution < -0.4 is 5.32 Å². The summed E-state index contributed by atoms with van der Waals surface area (Å²) >= 11 is 2.94. The quantitative estimate of drug-likeness (QED) is 0.579. The number of rotatable bonds is 4. The molecule has 1 aliphatic carbocycles. The highest BCUT2D eigenvalue weighted by molar-refractivity contribution is 7.16. The first kappa shape index (κ1) is 19.1. The lowest BCUT2D eigenvalue weighted by atomic mass is 9.94. The first-order chi connectivity index (χ1) is 14.6. The minimum absolute atomic E-state index is 0.0329. The van der Waals surface area contributed by atoms with E-state index in [0.29, 0.717) is 21.8 Å². The molecule has 5 rings (SSSR count). The predicted octanol–water partition coefficient (Wildman–Crippen LogP) is 5.05. The molecule has 0 atom stereocenters. The van der Waals surface area contributed by atoms with Gasteiger partial charge in [0.15, 0.2) is 5.13 Å². The summed E-state index contributed by atoms with van der Waals surface area (Å²) in [6.07, 6.45) is 4.93. The van der Waals surface area contributed by atoms with Gasteiger partial charge in [0.1, 0.15) is 0 Å². The Hall–Kier alpha value is -2.84. The fourth-order valence-corrected chi connectivity index (χ4v) is 5.58. The molecule has 1 saturated carbocycles. The van der Waals surface area contributed by atoms with E-state index >= 15 is 0 Å². The second-order valence-corrected chi connectivity index (χ2v) is 9.31. The molecule has 0 saturated heterocycles. The molecule has 8 heteroatoms. The number of aromatic nitrogens is 1. The van der Waals surface area contributed by atoms with Crippen LogP contribution in [0.4, 0.5) is 5.13 Å². The van der Waals surface area contributed by atoms with Gasteiger partial charge in [-0.15, -0.1) is 22.7 Å². The Balaban J connectivity index is 1.35. The Morgan fingerprint density at radius 1 is 1.03 bits per heavy atom. The Kier molecular flexibility index (Phi) is 4.96. The van der Waals surface area contributed by atoms with Gasteiger partial charge in [-0.1, -0.05) is 25.3 Å². The summed E-state index contributed by atoms with van der Waals surface area (Å²) in [5.74, 6) is -0.874. The number of fused-ring (bicyclic) bond motifs is 1. The van der Waals surface area contributed by atoms with Gasteiger partial charge in [0.25, 0.3) is 17.7 Å². The SMILES string of the molecule is O=C(Nc1nc(-c2cccs2)cs1)c1ccc2c(c1)C(=O)N(C1CCCCC1)C2=O. The zero-order chi connectivity index (χ0) is 20.7. The first-order valence-corrected chi connectivity index (χ1v) is 11.7. The number of thiazole rings is 1. The van der Waals surface area contributed by atoms with Crippen LogP contribution in [0.2, 0.25) is 0 Å².